The molecule has 0 atom stereocenters. The molecule has 0 aliphatic heterocycles. The molecule has 4 aromatic rings. The largest absolute Gasteiger partial charge is 0.384 e. The lowest BCUT2D eigenvalue weighted by molar-refractivity contribution is 0.202. The number of ether oxygens (including phenoxy) is 1. The third kappa shape index (κ3) is 5.76. The smallest absolute Gasteiger partial charge is 0.159 e. The molecule has 3 nitrogen and oxygen atoms in total. The van der Waals surface area contributed by atoms with E-state index in [1.165, 1.54) is 6.07 Å². The van der Waals surface area contributed by atoms with Gasteiger partial charge in [0.2, 0.25) is 0 Å². The number of hydrogen-bond acceptors (Lipinski definition) is 3. The van der Waals surface area contributed by atoms with E-state index in [0.29, 0.717) is 42.4 Å². The summed E-state index contributed by atoms with van der Waals surface area (Å²) < 4.78 is 46.6. The number of aromatic nitrogens is 2. The second-order valence-electron chi connectivity index (χ2n) is 8.09. The highest BCUT2D eigenvalue weighted by atomic mass is 19.2. The Hall–Kier alpha value is -3.25. The first kappa shape index (κ1) is 22.9. The summed E-state index contributed by atoms with van der Waals surface area (Å²) in [6, 6.07) is 13.2. The van der Waals surface area contributed by atoms with E-state index in [4.69, 9.17) is 4.74 Å². The molecule has 3 aromatic carbocycles. The van der Waals surface area contributed by atoms with E-state index >= 15 is 4.39 Å². The molecule has 0 aliphatic rings. The van der Waals surface area contributed by atoms with E-state index in [9.17, 15) is 8.78 Å². The van der Waals surface area contributed by atoms with Gasteiger partial charge in [-0.2, -0.15) is 0 Å². The van der Waals surface area contributed by atoms with Crippen LogP contribution in [0, 0.1) is 17.5 Å². The van der Waals surface area contributed by atoms with Gasteiger partial charge in [0.05, 0.1) is 6.61 Å². The molecule has 1 aromatic heterocycles. The van der Waals surface area contributed by atoms with Crippen molar-refractivity contribution in [1.29, 1.82) is 0 Å². The normalized spacial score (nSPS) is 11.3. The van der Waals surface area contributed by atoms with Crippen LogP contribution in [0.4, 0.5) is 13.2 Å². The number of hydrogen-bond donors (Lipinski definition) is 0. The second-order valence-corrected chi connectivity index (χ2v) is 8.09. The molecule has 0 saturated heterocycles. The summed E-state index contributed by atoms with van der Waals surface area (Å²) in [5, 5.41) is 1.39. The Balaban J connectivity index is 1.41. The topological polar surface area (TPSA) is 35.0 Å². The molecular formula is C27H25F3N2O. The minimum atomic E-state index is -0.883. The highest BCUT2D eigenvalue weighted by molar-refractivity contribution is 5.84. The first-order valence-electron chi connectivity index (χ1n) is 11.0. The van der Waals surface area contributed by atoms with E-state index in [1.54, 1.807) is 19.2 Å². The fourth-order valence-corrected chi connectivity index (χ4v) is 3.82. The van der Waals surface area contributed by atoms with Gasteiger partial charge in [-0.15, -0.1) is 0 Å². The zero-order valence-corrected chi connectivity index (χ0v) is 18.5. The number of halogens is 3. The quantitative estimate of drug-likeness (QED) is 0.323. The predicted molar refractivity (Wildman–Crippen MR) is 123 cm³/mol. The van der Waals surface area contributed by atoms with Crippen LogP contribution in [0.25, 0.3) is 10.8 Å². The van der Waals surface area contributed by atoms with Gasteiger partial charge >= 0.3 is 0 Å². The van der Waals surface area contributed by atoms with Crippen LogP contribution in [-0.2, 0) is 36.8 Å². The van der Waals surface area contributed by atoms with Crippen molar-refractivity contribution in [3.05, 3.63) is 106 Å². The molecule has 0 fully saturated rings. The Kier molecular flexibility index (Phi) is 7.35. The molecule has 33 heavy (non-hydrogen) atoms. The highest BCUT2D eigenvalue weighted by Gasteiger charge is 2.10. The van der Waals surface area contributed by atoms with Gasteiger partial charge in [0.1, 0.15) is 11.6 Å². The maximum Gasteiger partial charge on any atom is 0.159 e. The average Bonchev–Trinajstić information content (AvgIpc) is 2.83. The Morgan fingerprint density at radius 2 is 1.42 bits per heavy atom. The summed E-state index contributed by atoms with van der Waals surface area (Å²) >= 11 is 0. The van der Waals surface area contributed by atoms with Crippen LogP contribution in [0.5, 0.6) is 0 Å². The Labute approximate surface area is 191 Å². The summed E-state index contributed by atoms with van der Waals surface area (Å²) in [7, 11) is 1.67. The Morgan fingerprint density at radius 3 is 2.18 bits per heavy atom. The van der Waals surface area contributed by atoms with Crippen LogP contribution < -0.4 is 0 Å². The van der Waals surface area contributed by atoms with Crippen LogP contribution in [0.15, 0.2) is 60.9 Å². The number of methoxy groups -OCH3 is 1. The molecule has 0 saturated carbocycles. The lowest BCUT2D eigenvalue weighted by Gasteiger charge is -2.09. The lowest BCUT2D eigenvalue weighted by atomic mass is 9.98. The Bertz CT molecular complexity index is 1240. The maximum absolute atomic E-state index is 15.1. The van der Waals surface area contributed by atoms with E-state index in [1.807, 2.05) is 30.6 Å². The summed E-state index contributed by atoms with van der Waals surface area (Å²) in [5.74, 6) is -1.25. The molecule has 170 valence electrons. The molecule has 0 amide bonds. The molecule has 0 unspecified atom stereocenters. The van der Waals surface area contributed by atoms with Gasteiger partial charge in [0.15, 0.2) is 11.6 Å². The molecule has 0 spiro atoms. The van der Waals surface area contributed by atoms with E-state index in [-0.39, 0.29) is 5.82 Å². The molecular weight excluding hydrogens is 425 g/mol. The van der Waals surface area contributed by atoms with Crippen molar-refractivity contribution in [1.82, 2.24) is 9.97 Å². The molecule has 0 N–H and O–H groups in total. The molecule has 0 radical (unpaired) electrons. The second kappa shape index (κ2) is 10.6. The van der Waals surface area contributed by atoms with Crippen LogP contribution in [0.3, 0.4) is 0 Å². The maximum atomic E-state index is 15.1. The fraction of sp³-hybridized carbons (Fsp3) is 0.259. The van der Waals surface area contributed by atoms with Gasteiger partial charge in [0.25, 0.3) is 0 Å². The summed E-state index contributed by atoms with van der Waals surface area (Å²) in [4.78, 5) is 8.84. The third-order valence-corrected chi connectivity index (χ3v) is 5.76. The zero-order chi connectivity index (χ0) is 23.2. The minimum Gasteiger partial charge on any atom is -0.384 e. The van der Waals surface area contributed by atoms with Crippen molar-refractivity contribution >= 4 is 10.8 Å². The average molecular weight is 451 g/mol. The Morgan fingerprint density at radius 1 is 0.697 bits per heavy atom. The van der Waals surface area contributed by atoms with Crippen molar-refractivity contribution < 1.29 is 17.9 Å². The standard InChI is InChI=1S/C27H25F3N2O/c1-33-13-12-20-16-31-26(32-17-20)11-5-18-3-9-23-22(14-18)8-7-21(27(23)30)6-2-19-4-10-24(28)25(29)15-19/h3-4,7-10,14-17H,2,5-6,11-13H2,1H3. The van der Waals surface area contributed by atoms with Crippen LogP contribution in [0.1, 0.15) is 28.1 Å². The van der Waals surface area contributed by atoms with Crippen molar-refractivity contribution in [3.63, 3.8) is 0 Å². The first-order valence-corrected chi connectivity index (χ1v) is 11.0. The molecule has 0 bridgehead atoms. The van der Waals surface area contributed by atoms with Gasteiger partial charge in [-0.1, -0.05) is 36.4 Å². The third-order valence-electron chi connectivity index (χ3n) is 5.76. The van der Waals surface area contributed by atoms with Crippen LogP contribution in [0.2, 0.25) is 0 Å². The SMILES string of the molecule is COCCc1cnc(CCc2ccc3c(F)c(CCc4ccc(F)c(F)c4)ccc3c2)nc1. The number of fused-ring (bicyclic) bond motifs is 1. The van der Waals surface area contributed by atoms with Crippen LogP contribution in [-0.4, -0.2) is 23.7 Å². The number of nitrogens with zero attached hydrogens (tertiary/aromatic N) is 2. The monoisotopic (exact) mass is 450 g/mol. The number of aryl methyl sites for hydroxylation is 4. The minimum absolute atomic E-state index is 0.267. The van der Waals surface area contributed by atoms with Gasteiger partial charge in [-0.05, 0) is 65.5 Å². The lowest BCUT2D eigenvalue weighted by Crippen LogP contribution is -2.01. The summed E-state index contributed by atoms with van der Waals surface area (Å²) in [6.45, 7) is 0.642. The van der Waals surface area contributed by atoms with Crippen LogP contribution >= 0.6 is 0 Å². The van der Waals surface area contributed by atoms with E-state index < -0.39 is 11.6 Å². The van der Waals surface area contributed by atoms with Gasteiger partial charge in [-0.3, -0.25) is 0 Å². The van der Waals surface area contributed by atoms with Crippen molar-refractivity contribution in [2.45, 2.75) is 32.1 Å². The molecule has 1 heterocycles. The highest BCUT2D eigenvalue weighted by Crippen LogP contribution is 2.24. The number of benzene rings is 3. The van der Waals surface area contributed by atoms with E-state index in [2.05, 4.69) is 9.97 Å². The van der Waals surface area contributed by atoms with Gasteiger partial charge in [0, 0.05) is 31.3 Å². The fourth-order valence-electron chi connectivity index (χ4n) is 3.82. The zero-order valence-electron chi connectivity index (χ0n) is 18.5. The summed E-state index contributed by atoms with van der Waals surface area (Å²) in [5.41, 5.74) is 3.32. The number of rotatable bonds is 9. The molecule has 0 aliphatic carbocycles. The van der Waals surface area contributed by atoms with E-state index in [0.717, 1.165) is 47.3 Å². The molecule has 6 heteroatoms. The molecule has 4 rings (SSSR count). The first-order chi connectivity index (χ1) is 16.0. The van der Waals surface area contributed by atoms with Crippen molar-refractivity contribution in [3.8, 4) is 0 Å². The summed E-state index contributed by atoms with van der Waals surface area (Å²) in [6.07, 6.45) is 6.75. The predicted octanol–water partition coefficient (Wildman–Crippen LogP) is 5.81. The van der Waals surface area contributed by atoms with Gasteiger partial charge < -0.3 is 4.74 Å². The van der Waals surface area contributed by atoms with Gasteiger partial charge in [-0.25, -0.2) is 23.1 Å². The van der Waals surface area contributed by atoms with Crippen molar-refractivity contribution in [2.24, 2.45) is 0 Å². The van der Waals surface area contributed by atoms with Crippen molar-refractivity contribution in [2.75, 3.05) is 13.7 Å².